The van der Waals surface area contributed by atoms with Gasteiger partial charge < -0.3 is 14.8 Å². The Bertz CT molecular complexity index is 1150. The molecule has 1 heterocycles. The first-order valence-electron chi connectivity index (χ1n) is 13.0. The molecule has 194 valence electrons. The molecule has 0 spiro atoms. The van der Waals surface area contributed by atoms with E-state index in [1.165, 1.54) is 0 Å². The number of halogens is 1. The van der Waals surface area contributed by atoms with Crippen LogP contribution in [0.5, 0.6) is 0 Å². The summed E-state index contributed by atoms with van der Waals surface area (Å²) in [5, 5.41) is 3.41. The summed E-state index contributed by atoms with van der Waals surface area (Å²) in [6.45, 7) is 11.0. The Kier molecular flexibility index (Phi) is 10.4. The lowest BCUT2D eigenvalue weighted by Gasteiger charge is -2.27. The van der Waals surface area contributed by atoms with Crippen molar-refractivity contribution in [3.63, 3.8) is 0 Å². The molecule has 1 N–H and O–H groups in total. The van der Waals surface area contributed by atoms with Crippen molar-refractivity contribution >= 4 is 34.4 Å². The fraction of sp³-hybridized carbons (Fsp3) is 0.483. The number of nitrogens with zero attached hydrogens (tertiary/aromatic N) is 3. The molecule has 6 nitrogen and oxygen atoms in total. The number of nitrogens with one attached hydrogen (secondary N) is 1. The molecule has 3 rings (SSSR count). The second-order valence-corrected chi connectivity index (χ2v) is 10.6. The quantitative estimate of drug-likeness (QED) is 0.288. The van der Waals surface area contributed by atoms with Gasteiger partial charge in [-0.3, -0.25) is 9.59 Å². The number of amides is 2. The van der Waals surface area contributed by atoms with E-state index < -0.39 is 0 Å². The van der Waals surface area contributed by atoms with Gasteiger partial charge in [0.15, 0.2) is 0 Å². The number of rotatable bonds is 13. The van der Waals surface area contributed by atoms with Crippen molar-refractivity contribution in [1.29, 1.82) is 0 Å². The van der Waals surface area contributed by atoms with Gasteiger partial charge in [0.05, 0.1) is 21.6 Å². The third-order valence-corrected chi connectivity index (χ3v) is 6.36. The Morgan fingerprint density at radius 3 is 2.31 bits per heavy atom. The number of carbonyl (C=O) groups excluding carboxylic acids is 2. The Hall–Kier alpha value is -2.86. The summed E-state index contributed by atoms with van der Waals surface area (Å²) < 4.78 is 2.09. The molecule has 0 radical (unpaired) electrons. The monoisotopic (exact) mass is 510 g/mol. The molecule has 2 amide bonds. The lowest BCUT2D eigenvalue weighted by Crippen LogP contribution is -2.39. The van der Waals surface area contributed by atoms with Gasteiger partial charge in [0.1, 0.15) is 12.4 Å². The van der Waals surface area contributed by atoms with Crippen molar-refractivity contribution in [2.75, 3.05) is 19.6 Å². The summed E-state index contributed by atoms with van der Waals surface area (Å²) in [4.78, 5) is 32.5. The highest BCUT2D eigenvalue weighted by molar-refractivity contribution is 6.33. The van der Waals surface area contributed by atoms with Gasteiger partial charge in [-0.25, -0.2) is 4.98 Å². The molecule has 0 atom stereocenters. The van der Waals surface area contributed by atoms with Crippen LogP contribution >= 0.6 is 11.6 Å². The SMILES string of the molecule is CC(C)CN(CC(C)C)C(=O)Cn1c(CCCCCNC(=O)c2ccccc2Cl)nc2ccccc21. The van der Waals surface area contributed by atoms with Crippen molar-refractivity contribution in [3.8, 4) is 0 Å². The first-order valence-corrected chi connectivity index (χ1v) is 13.4. The minimum atomic E-state index is -0.145. The second-order valence-electron chi connectivity index (χ2n) is 10.2. The average Bonchev–Trinajstić information content (AvgIpc) is 3.17. The van der Waals surface area contributed by atoms with Crippen LogP contribution in [0.3, 0.4) is 0 Å². The predicted molar refractivity (Wildman–Crippen MR) is 147 cm³/mol. The van der Waals surface area contributed by atoms with Gasteiger partial charge in [-0.15, -0.1) is 0 Å². The minimum absolute atomic E-state index is 0.143. The number of aromatic nitrogens is 2. The van der Waals surface area contributed by atoms with Crippen LogP contribution in [0.15, 0.2) is 48.5 Å². The van der Waals surface area contributed by atoms with Crippen molar-refractivity contribution in [1.82, 2.24) is 19.8 Å². The Morgan fingerprint density at radius 2 is 1.61 bits per heavy atom. The maximum absolute atomic E-state index is 13.3. The Labute approximate surface area is 220 Å². The van der Waals surface area contributed by atoms with E-state index in [2.05, 4.69) is 37.6 Å². The number of para-hydroxylation sites is 2. The van der Waals surface area contributed by atoms with Crippen LogP contribution in [0, 0.1) is 11.8 Å². The molecule has 3 aromatic rings. The summed E-state index contributed by atoms with van der Waals surface area (Å²) >= 11 is 6.11. The van der Waals surface area contributed by atoms with Crippen LogP contribution in [-0.2, 0) is 17.8 Å². The second kappa shape index (κ2) is 13.4. The summed E-state index contributed by atoms with van der Waals surface area (Å²) in [7, 11) is 0. The molecule has 0 bridgehead atoms. The van der Waals surface area contributed by atoms with Gasteiger partial charge in [0.25, 0.3) is 5.91 Å². The average molecular weight is 511 g/mol. The number of benzene rings is 2. The summed E-state index contributed by atoms with van der Waals surface area (Å²) in [5.74, 6) is 1.78. The largest absolute Gasteiger partial charge is 0.352 e. The highest BCUT2D eigenvalue weighted by atomic mass is 35.5. The van der Waals surface area contributed by atoms with E-state index in [9.17, 15) is 9.59 Å². The van der Waals surface area contributed by atoms with Crippen molar-refractivity contribution in [2.45, 2.75) is 59.9 Å². The Morgan fingerprint density at radius 1 is 0.944 bits per heavy atom. The highest BCUT2D eigenvalue weighted by Crippen LogP contribution is 2.19. The van der Waals surface area contributed by atoms with Crippen LogP contribution in [0.25, 0.3) is 11.0 Å². The third kappa shape index (κ3) is 7.82. The number of hydrogen-bond acceptors (Lipinski definition) is 3. The molecule has 36 heavy (non-hydrogen) atoms. The maximum Gasteiger partial charge on any atom is 0.252 e. The predicted octanol–water partition coefficient (Wildman–Crippen LogP) is 5.97. The van der Waals surface area contributed by atoms with Crippen LogP contribution in [-0.4, -0.2) is 45.9 Å². The van der Waals surface area contributed by atoms with E-state index >= 15 is 0 Å². The molecule has 1 aromatic heterocycles. The zero-order valence-corrected chi connectivity index (χ0v) is 22.7. The zero-order chi connectivity index (χ0) is 26.1. The molecule has 2 aromatic carbocycles. The van der Waals surface area contributed by atoms with Gasteiger partial charge in [-0.2, -0.15) is 0 Å². The molecule has 0 fully saturated rings. The van der Waals surface area contributed by atoms with Crippen LogP contribution in [0.4, 0.5) is 0 Å². The molecule has 7 heteroatoms. The first kappa shape index (κ1) is 27.7. The lowest BCUT2D eigenvalue weighted by atomic mass is 10.1. The van der Waals surface area contributed by atoms with Gasteiger partial charge in [-0.05, 0) is 48.9 Å². The van der Waals surface area contributed by atoms with Crippen molar-refractivity contribution < 1.29 is 9.59 Å². The van der Waals surface area contributed by atoms with E-state index in [0.717, 1.165) is 55.6 Å². The van der Waals surface area contributed by atoms with Gasteiger partial charge >= 0.3 is 0 Å². The molecule has 0 saturated heterocycles. The lowest BCUT2D eigenvalue weighted by molar-refractivity contribution is -0.132. The van der Waals surface area contributed by atoms with Gasteiger partial charge in [-0.1, -0.05) is 70.0 Å². The maximum atomic E-state index is 13.3. The fourth-order valence-electron chi connectivity index (χ4n) is 4.42. The highest BCUT2D eigenvalue weighted by Gasteiger charge is 2.20. The molecule has 0 saturated carbocycles. The van der Waals surface area contributed by atoms with Crippen LogP contribution in [0.1, 0.15) is 63.1 Å². The number of aryl methyl sites for hydroxylation is 1. The number of unbranched alkanes of at least 4 members (excludes halogenated alkanes) is 2. The smallest absolute Gasteiger partial charge is 0.252 e. The number of carbonyl (C=O) groups is 2. The van der Waals surface area contributed by atoms with Crippen LogP contribution in [0.2, 0.25) is 5.02 Å². The minimum Gasteiger partial charge on any atom is -0.352 e. The van der Waals surface area contributed by atoms with E-state index in [0.29, 0.717) is 35.5 Å². The zero-order valence-electron chi connectivity index (χ0n) is 22.0. The molecule has 0 aliphatic heterocycles. The molecular weight excluding hydrogens is 472 g/mol. The normalized spacial score (nSPS) is 11.4. The summed E-state index contributed by atoms with van der Waals surface area (Å²) in [5.41, 5.74) is 2.43. The van der Waals surface area contributed by atoms with Crippen molar-refractivity contribution in [2.24, 2.45) is 11.8 Å². The topological polar surface area (TPSA) is 67.2 Å². The van der Waals surface area contributed by atoms with Gasteiger partial charge in [0, 0.05) is 26.1 Å². The van der Waals surface area contributed by atoms with Gasteiger partial charge in [0.2, 0.25) is 5.91 Å². The van der Waals surface area contributed by atoms with E-state index in [1.54, 1.807) is 12.1 Å². The van der Waals surface area contributed by atoms with E-state index in [1.807, 2.05) is 41.3 Å². The standard InChI is InChI=1S/C29H39ClN4O2/c1-21(2)18-33(19-22(3)4)28(35)20-34-26-15-10-9-14-25(26)32-27(34)16-6-5-11-17-31-29(36)23-12-7-8-13-24(23)30/h7-10,12-15,21-22H,5-6,11,16-20H2,1-4H3,(H,31,36). The number of fused-ring (bicyclic) bond motifs is 1. The fourth-order valence-corrected chi connectivity index (χ4v) is 4.64. The number of imidazole rings is 1. The molecule has 0 unspecified atom stereocenters. The Balaban J connectivity index is 1.58. The first-order chi connectivity index (χ1) is 17.3. The summed E-state index contributed by atoms with van der Waals surface area (Å²) in [6, 6.07) is 15.1. The molecule has 0 aliphatic rings. The third-order valence-electron chi connectivity index (χ3n) is 6.03. The summed E-state index contributed by atoms with van der Waals surface area (Å²) in [6.07, 6.45) is 3.54. The molecular formula is C29H39ClN4O2. The molecule has 0 aliphatic carbocycles. The number of hydrogen-bond donors (Lipinski definition) is 1. The van der Waals surface area contributed by atoms with E-state index in [4.69, 9.17) is 16.6 Å². The van der Waals surface area contributed by atoms with E-state index in [-0.39, 0.29) is 11.8 Å². The van der Waals surface area contributed by atoms with Crippen LogP contribution < -0.4 is 5.32 Å². The van der Waals surface area contributed by atoms with Crippen molar-refractivity contribution in [3.05, 3.63) is 64.9 Å².